The Labute approximate surface area is 318 Å². The number of hydrogen-bond acceptors (Lipinski definition) is 5. The first-order valence-corrected chi connectivity index (χ1v) is 19.4. The molecule has 50 heavy (non-hydrogen) atoms. The van der Waals surface area contributed by atoms with Crippen molar-refractivity contribution in [3.63, 3.8) is 0 Å². The molecule has 1 aromatic heterocycles. The summed E-state index contributed by atoms with van der Waals surface area (Å²) >= 11 is 10.3. The topological polar surface area (TPSA) is 96.4 Å². The van der Waals surface area contributed by atoms with Crippen LogP contribution in [0.5, 0.6) is 0 Å². The molecule has 260 valence electrons. The first-order chi connectivity index (χ1) is 23.9. The van der Waals surface area contributed by atoms with E-state index >= 15 is 0 Å². The Morgan fingerprint density at radius 1 is 1.00 bits per heavy atom. The SMILES string of the molecule is CC(C)(O)c1ccccc1CC[C@@H](SCC1(CC(=O)O)CC1)c1cccc(/C=C/c2ccc3ccc(Cl)cc3n2)c1.NCc1ccc(I)cc1. The Morgan fingerprint density at radius 3 is 2.44 bits per heavy atom. The fraction of sp³-hybridized carbons (Fsp3) is 0.286. The average molecular weight is 819 g/mol. The van der Waals surface area contributed by atoms with E-state index in [0.717, 1.165) is 64.7 Å². The van der Waals surface area contributed by atoms with E-state index < -0.39 is 11.6 Å². The maximum Gasteiger partial charge on any atom is 0.303 e. The third-order valence-electron chi connectivity index (χ3n) is 8.98. The summed E-state index contributed by atoms with van der Waals surface area (Å²) in [5.74, 6) is 0.122. The predicted molar refractivity (Wildman–Crippen MR) is 218 cm³/mol. The van der Waals surface area contributed by atoms with Gasteiger partial charge in [-0.15, -0.1) is 0 Å². The average Bonchev–Trinajstić information content (AvgIpc) is 3.86. The first-order valence-electron chi connectivity index (χ1n) is 16.9. The highest BCUT2D eigenvalue weighted by Gasteiger charge is 2.44. The number of halogens is 2. The molecule has 4 aromatic carbocycles. The number of pyridine rings is 1. The zero-order valence-electron chi connectivity index (χ0n) is 28.5. The number of nitrogens with two attached hydrogens (primary N) is 1. The minimum absolute atomic E-state index is 0.0814. The van der Waals surface area contributed by atoms with Crippen molar-refractivity contribution in [2.24, 2.45) is 11.1 Å². The van der Waals surface area contributed by atoms with Gasteiger partial charge >= 0.3 is 5.97 Å². The van der Waals surface area contributed by atoms with Gasteiger partial charge in [0, 0.05) is 31.5 Å². The highest BCUT2D eigenvalue weighted by Crippen LogP contribution is 2.53. The summed E-state index contributed by atoms with van der Waals surface area (Å²) < 4.78 is 1.25. The lowest BCUT2D eigenvalue weighted by Crippen LogP contribution is -2.18. The number of fused-ring (bicyclic) bond motifs is 1. The summed E-state index contributed by atoms with van der Waals surface area (Å²) in [5, 5.41) is 22.1. The van der Waals surface area contributed by atoms with Crippen molar-refractivity contribution in [2.45, 2.75) is 63.3 Å². The number of benzene rings is 4. The second-order valence-electron chi connectivity index (χ2n) is 13.5. The van der Waals surface area contributed by atoms with Crippen molar-refractivity contribution in [3.05, 3.63) is 145 Å². The number of aromatic nitrogens is 1. The number of thioether (sulfide) groups is 1. The van der Waals surface area contributed by atoms with Crippen LogP contribution in [0.25, 0.3) is 23.1 Å². The van der Waals surface area contributed by atoms with Gasteiger partial charge in [-0.25, -0.2) is 4.98 Å². The molecule has 0 spiro atoms. The van der Waals surface area contributed by atoms with Crippen LogP contribution in [0, 0.1) is 8.99 Å². The number of rotatable bonds is 13. The van der Waals surface area contributed by atoms with Gasteiger partial charge in [0.25, 0.3) is 0 Å². The summed E-state index contributed by atoms with van der Waals surface area (Å²) in [7, 11) is 0. The van der Waals surface area contributed by atoms with Crippen molar-refractivity contribution in [3.8, 4) is 0 Å². The molecule has 1 fully saturated rings. The molecule has 0 aliphatic heterocycles. The van der Waals surface area contributed by atoms with Crippen LogP contribution < -0.4 is 5.73 Å². The second-order valence-corrected chi connectivity index (χ2v) is 16.4. The molecule has 4 N–H and O–H groups in total. The molecule has 1 atom stereocenters. The highest BCUT2D eigenvalue weighted by molar-refractivity contribution is 14.1. The van der Waals surface area contributed by atoms with E-state index in [4.69, 9.17) is 22.3 Å². The first kappa shape index (κ1) is 38.0. The van der Waals surface area contributed by atoms with Crippen LogP contribution in [0.2, 0.25) is 5.02 Å². The predicted octanol–water partition coefficient (Wildman–Crippen LogP) is 10.7. The van der Waals surface area contributed by atoms with Crippen molar-refractivity contribution in [1.29, 1.82) is 0 Å². The molecule has 1 aliphatic rings. The van der Waals surface area contributed by atoms with Crippen molar-refractivity contribution < 1.29 is 15.0 Å². The van der Waals surface area contributed by atoms with Gasteiger partial charge in [0.15, 0.2) is 0 Å². The van der Waals surface area contributed by atoms with E-state index in [1.807, 2.05) is 86.3 Å². The third kappa shape index (κ3) is 11.1. The summed E-state index contributed by atoms with van der Waals surface area (Å²) in [6.07, 6.45) is 8.02. The number of carbonyl (C=O) groups is 1. The molecule has 0 amide bonds. The van der Waals surface area contributed by atoms with Crippen molar-refractivity contribution in [2.75, 3.05) is 5.75 Å². The Hall–Kier alpha value is -3.21. The molecule has 5 nitrogen and oxygen atoms in total. The number of aliphatic hydroxyl groups is 1. The standard InChI is InChI=1S/C35H36ClNO3S.C7H8IN/c1-34(2,40)30-9-4-3-7-25(30)13-17-32(41-23-35(18-19-35)22-33(38)39)27-8-5-6-24(20-27)10-15-29-16-12-26-11-14-28(36)21-31(26)37-29;8-7-3-1-6(5-9)2-4-7/h3-12,14-16,20-21,32,40H,13,17-19,22-23H2,1-2H3,(H,38,39);1-4H,5,9H2/b15-10+;/t32-;/m1./s1. The zero-order chi connectivity index (χ0) is 35.7. The van der Waals surface area contributed by atoms with Crippen LogP contribution in [-0.2, 0) is 23.4 Å². The Balaban J connectivity index is 0.000000470. The fourth-order valence-corrected chi connectivity index (χ4v) is 8.07. The van der Waals surface area contributed by atoms with E-state index in [2.05, 4.69) is 77.2 Å². The monoisotopic (exact) mass is 818 g/mol. The smallest absolute Gasteiger partial charge is 0.303 e. The van der Waals surface area contributed by atoms with Crippen molar-refractivity contribution >= 4 is 75.0 Å². The van der Waals surface area contributed by atoms with Gasteiger partial charge in [-0.1, -0.05) is 90.5 Å². The van der Waals surface area contributed by atoms with Gasteiger partial charge in [-0.05, 0) is 132 Å². The number of carboxylic acids is 1. The molecule has 6 rings (SSSR count). The third-order valence-corrected chi connectivity index (χ3v) is 11.6. The largest absolute Gasteiger partial charge is 0.481 e. The maximum atomic E-state index is 11.5. The van der Waals surface area contributed by atoms with E-state index in [9.17, 15) is 15.0 Å². The number of aliphatic carboxylic acids is 1. The number of carboxylic acid groups (broad SMARTS) is 1. The number of hydrogen-bond donors (Lipinski definition) is 3. The van der Waals surface area contributed by atoms with E-state index in [1.54, 1.807) is 0 Å². The van der Waals surface area contributed by atoms with Crippen LogP contribution in [0.1, 0.15) is 78.3 Å². The summed E-state index contributed by atoms with van der Waals surface area (Å²) in [4.78, 5) is 16.2. The highest BCUT2D eigenvalue weighted by atomic mass is 127. The molecular formula is C42H44ClIN2O3S. The van der Waals surface area contributed by atoms with Gasteiger partial charge in [-0.3, -0.25) is 4.79 Å². The molecule has 1 aliphatic carbocycles. The summed E-state index contributed by atoms with van der Waals surface area (Å²) in [6.45, 7) is 4.29. The lowest BCUT2D eigenvalue weighted by Gasteiger charge is -2.24. The van der Waals surface area contributed by atoms with Crippen LogP contribution >= 0.6 is 46.0 Å². The molecule has 1 heterocycles. The summed E-state index contributed by atoms with van der Waals surface area (Å²) in [5.41, 5.74) is 11.7. The molecule has 0 radical (unpaired) electrons. The quantitative estimate of drug-likeness (QED) is 0.102. The minimum atomic E-state index is -0.911. The Morgan fingerprint density at radius 2 is 1.74 bits per heavy atom. The molecule has 5 aromatic rings. The van der Waals surface area contributed by atoms with E-state index in [1.165, 1.54) is 14.7 Å². The van der Waals surface area contributed by atoms with Crippen LogP contribution in [-0.4, -0.2) is 26.9 Å². The molecule has 1 saturated carbocycles. The lowest BCUT2D eigenvalue weighted by atomic mass is 9.90. The Kier molecular flexibility index (Phi) is 13.2. The molecular weight excluding hydrogens is 775 g/mol. The zero-order valence-corrected chi connectivity index (χ0v) is 32.2. The minimum Gasteiger partial charge on any atom is -0.481 e. The maximum absolute atomic E-state index is 11.5. The van der Waals surface area contributed by atoms with Gasteiger partial charge in [0.1, 0.15) is 0 Å². The molecule has 0 saturated heterocycles. The van der Waals surface area contributed by atoms with E-state index in [0.29, 0.717) is 11.6 Å². The Bertz CT molecular complexity index is 1940. The van der Waals surface area contributed by atoms with Gasteiger partial charge in [0.2, 0.25) is 0 Å². The molecule has 8 heteroatoms. The van der Waals surface area contributed by atoms with Gasteiger partial charge < -0.3 is 15.9 Å². The lowest BCUT2D eigenvalue weighted by molar-refractivity contribution is -0.138. The van der Waals surface area contributed by atoms with Gasteiger partial charge in [-0.2, -0.15) is 11.8 Å². The molecule has 0 bridgehead atoms. The summed E-state index contributed by atoms with van der Waals surface area (Å²) in [6, 6.07) is 34.7. The molecule has 0 unspecified atom stereocenters. The fourth-order valence-electron chi connectivity index (χ4n) is 5.98. The van der Waals surface area contributed by atoms with Crippen LogP contribution in [0.4, 0.5) is 0 Å². The van der Waals surface area contributed by atoms with Crippen molar-refractivity contribution in [1.82, 2.24) is 4.98 Å². The van der Waals surface area contributed by atoms with Crippen LogP contribution in [0.15, 0.2) is 103 Å². The number of nitrogens with zero attached hydrogens (tertiary/aromatic N) is 1. The normalized spacial score (nSPS) is 14.3. The van der Waals surface area contributed by atoms with Gasteiger partial charge in [0.05, 0.1) is 23.2 Å². The second kappa shape index (κ2) is 17.3. The van der Waals surface area contributed by atoms with Crippen LogP contribution in [0.3, 0.4) is 0 Å². The number of aryl methyl sites for hydroxylation is 1. The van der Waals surface area contributed by atoms with E-state index in [-0.39, 0.29) is 17.1 Å².